The van der Waals surface area contributed by atoms with Crippen molar-refractivity contribution in [3.05, 3.63) is 162 Å². The van der Waals surface area contributed by atoms with Crippen LogP contribution < -0.4 is 4.40 Å². The van der Waals surface area contributed by atoms with Crippen molar-refractivity contribution in [1.29, 1.82) is 0 Å². The van der Waals surface area contributed by atoms with E-state index in [0.29, 0.717) is 17.0 Å². The van der Waals surface area contributed by atoms with Crippen molar-refractivity contribution in [2.45, 2.75) is 64.7 Å². The van der Waals surface area contributed by atoms with Gasteiger partial charge in [0.15, 0.2) is 0 Å². The zero-order valence-electron chi connectivity index (χ0n) is 35.8. The van der Waals surface area contributed by atoms with Gasteiger partial charge in [0.1, 0.15) is 0 Å². The smallest absolute Gasteiger partial charge is 0 e. The molecule has 0 fully saturated rings. The van der Waals surface area contributed by atoms with Gasteiger partial charge in [-0.2, -0.15) is 11.3 Å². The van der Waals surface area contributed by atoms with Gasteiger partial charge in [-0.15, -0.1) is 23.8 Å². The Hall–Kier alpha value is -4.19. The van der Waals surface area contributed by atoms with Crippen molar-refractivity contribution in [2.24, 2.45) is 0 Å². The molecule has 55 heavy (non-hydrogen) atoms. The molecule has 0 aliphatic heterocycles. The minimum atomic E-state index is -2.19. The number of fused-ring (bicyclic) bond motifs is 3. The minimum Gasteiger partial charge on any atom is 0 e. The first-order valence-corrected chi connectivity index (χ1v) is 26.7. The second-order valence-corrected chi connectivity index (χ2v) is 27.1. The molecule has 2 nitrogen and oxygen atoms in total. The summed E-state index contributed by atoms with van der Waals surface area (Å²) in [7, 11) is 0. The van der Waals surface area contributed by atoms with Gasteiger partial charge in [0.25, 0.3) is 0 Å². The average molecular weight is 977 g/mol. The van der Waals surface area contributed by atoms with Gasteiger partial charge < -0.3 is 4.98 Å². The van der Waals surface area contributed by atoms with Crippen LogP contribution in [0.4, 0.5) is 0 Å². The maximum Gasteiger partial charge on any atom is 0 e. The first kappa shape index (κ1) is 36.5. The molecule has 0 saturated heterocycles. The summed E-state index contributed by atoms with van der Waals surface area (Å²) in [5, 5.41) is 2.57. The molecule has 0 amide bonds. The molecule has 0 aliphatic rings. The van der Waals surface area contributed by atoms with E-state index in [1.165, 1.54) is 57.9 Å². The van der Waals surface area contributed by atoms with E-state index in [4.69, 9.17) is 4.11 Å². The molecule has 0 saturated carbocycles. The summed E-state index contributed by atoms with van der Waals surface area (Å²) in [4.78, 5) is 9.28. The third-order valence-electron chi connectivity index (χ3n) is 10.1. The SMILES string of the molecule is Cc1cccc(C)c1-c1ccc2c(c1)sc1[c-]c(-c3cc(C(C)C)ccn3)ccc12.[2H]C([2H])([2H])c1c[c-]c(-c2cc(C)[c]([Ge]([CH3])([CH3])[CH3])cn2)cc1-c1ccccc1.[Ir]. The van der Waals surface area contributed by atoms with Crippen LogP contribution >= 0.6 is 11.3 Å². The summed E-state index contributed by atoms with van der Waals surface area (Å²) in [5.74, 6) is 7.56. The largest absolute Gasteiger partial charge is 0 e. The quantitative estimate of drug-likeness (QED) is 0.123. The van der Waals surface area contributed by atoms with Gasteiger partial charge in [-0.05, 0) is 69.9 Å². The summed E-state index contributed by atoms with van der Waals surface area (Å²) in [5.41, 5.74) is 13.4. The summed E-state index contributed by atoms with van der Waals surface area (Å²) < 4.78 is 27.5. The van der Waals surface area contributed by atoms with Gasteiger partial charge in [0.2, 0.25) is 0 Å². The Morgan fingerprint density at radius 2 is 1.42 bits per heavy atom. The van der Waals surface area contributed by atoms with Gasteiger partial charge in [-0.3, -0.25) is 0 Å². The number of aryl methyl sites for hydroxylation is 4. The van der Waals surface area contributed by atoms with Gasteiger partial charge in [0.05, 0.1) is 0 Å². The van der Waals surface area contributed by atoms with Crippen LogP contribution in [0.2, 0.25) is 17.3 Å². The third kappa shape index (κ3) is 8.79. The Balaban J connectivity index is 0.000000193. The van der Waals surface area contributed by atoms with E-state index in [1.54, 1.807) is 6.07 Å². The minimum absolute atomic E-state index is 0. The number of rotatable bonds is 6. The monoisotopic (exact) mass is 978 g/mol. The zero-order chi connectivity index (χ0) is 40.6. The van der Waals surface area contributed by atoms with Crippen LogP contribution in [0.15, 0.2) is 122 Å². The van der Waals surface area contributed by atoms with Crippen LogP contribution in [0.3, 0.4) is 0 Å². The van der Waals surface area contributed by atoms with E-state index in [2.05, 4.69) is 141 Å². The molecule has 8 aromatic rings. The van der Waals surface area contributed by atoms with Crippen LogP contribution in [0.5, 0.6) is 0 Å². The van der Waals surface area contributed by atoms with Crippen LogP contribution in [0.25, 0.3) is 64.9 Å². The molecule has 3 heterocycles. The van der Waals surface area contributed by atoms with Gasteiger partial charge in [-0.1, -0.05) is 61.2 Å². The van der Waals surface area contributed by atoms with Gasteiger partial charge in [-0.25, -0.2) is 0 Å². The molecule has 5 heteroatoms. The van der Waals surface area contributed by atoms with E-state index in [1.807, 2.05) is 60.1 Å². The molecule has 0 spiro atoms. The number of benzene rings is 5. The van der Waals surface area contributed by atoms with E-state index >= 15 is 0 Å². The van der Waals surface area contributed by atoms with Gasteiger partial charge in [0, 0.05) is 31.0 Å². The number of hydrogen-bond acceptors (Lipinski definition) is 3. The second-order valence-electron chi connectivity index (χ2n) is 15.5. The second kappa shape index (κ2) is 16.9. The van der Waals surface area contributed by atoms with Crippen molar-refractivity contribution in [3.63, 3.8) is 0 Å². The summed E-state index contributed by atoms with van der Waals surface area (Å²) in [6.45, 7) is 8.75. The number of aromatic nitrogens is 2. The Kier molecular flexibility index (Phi) is 11.2. The Labute approximate surface area is 352 Å². The molecule has 3 aromatic heterocycles. The molecular weight excluding hydrogens is 925 g/mol. The molecular formula is C50H48GeIrN2S-2. The number of pyridine rings is 2. The standard InChI is InChI=1S/C28H24NS.C22H24GeN.Ir/c1-17(2)20-12-13-29-25(14-20)21-8-10-23-24-11-9-22(16-27(24)30-26(23)15-21)28-18(3)6-5-7-19(28)4;1-16-11-12-19(14-20(16)18-9-7-6-8-10-18)22-13-17(2)21(15-24-22)23(3,4)5;/h5-14,16-17H,1-4H3;6-11,13-15H,1-5H3;/q2*-1;/i;1D3;. The summed E-state index contributed by atoms with van der Waals surface area (Å²) in [6.07, 6.45) is 3.91. The number of thiophene rings is 1. The molecule has 0 unspecified atom stereocenters. The van der Waals surface area contributed by atoms with Crippen molar-refractivity contribution in [1.82, 2.24) is 9.97 Å². The fraction of sp³-hybridized carbons (Fsp3) is 0.200. The van der Waals surface area contributed by atoms with Crippen molar-refractivity contribution in [3.8, 4) is 44.8 Å². The van der Waals surface area contributed by atoms with E-state index in [9.17, 15) is 0 Å². The van der Waals surface area contributed by atoms with E-state index < -0.39 is 20.1 Å². The predicted octanol–water partition coefficient (Wildman–Crippen LogP) is 13.7. The molecule has 279 valence electrons. The maximum atomic E-state index is 7.87. The predicted molar refractivity (Wildman–Crippen MR) is 237 cm³/mol. The van der Waals surface area contributed by atoms with Crippen molar-refractivity contribution < 1.29 is 24.2 Å². The zero-order valence-corrected chi connectivity index (χ0v) is 38.1. The Bertz CT molecular complexity index is 2710. The average Bonchev–Trinajstić information content (AvgIpc) is 3.54. The topological polar surface area (TPSA) is 25.8 Å². The first-order valence-electron chi connectivity index (χ1n) is 20.1. The van der Waals surface area contributed by atoms with Crippen molar-refractivity contribution in [2.75, 3.05) is 0 Å². The Morgan fingerprint density at radius 1 is 0.691 bits per heavy atom. The van der Waals surface area contributed by atoms with Crippen LogP contribution in [-0.4, -0.2) is 23.2 Å². The van der Waals surface area contributed by atoms with Crippen LogP contribution in [-0.2, 0) is 20.1 Å². The molecule has 1 radical (unpaired) electrons. The number of hydrogen-bond donors (Lipinski definition) is 0. The summed E-state index contributed by atoms with van der Waals surface area (Å²) in [6, 6.07) is 44.0. The van der Waals surface area contributed by atoms with Crippen molar-refractivity contribution >= 4 is 49.2 Å². The fourth-order valence-electron chi connectivity index (χ4n) is 7.22. The van der Waals surface area contributed by atoms with E-state index in [0.717, 1.165) is 28.1 Å². The molecule has 0 aliphatic carbocycles. The maximum absolute atomic E-state index is 7.87. The van der Waals surface area contributed by atoms with Gasteiger partial charge >= 0.3 is 152 Å². The fourth-order valence-corrected chi connectivity index (χ4v) is 11.9. The molecule has 0 N–H and O–H groups in total. The number of nitrogens with zero attached hydrogens (tertiary/aromatic N) is 2. The van der Waals surface area contributed by atoms with Crippen LogP contribution in [0.1, 0.15) is 51.7 Å². The van der Waals surface area contributed by atoms with Crippen LogP contribution in [0, 0.1) is 39.8 Å². The molecule has 0 bridgehead atoms. The molecule has 8 rings (SSSR count). The summed E-state index contributed by atoms with van der Waals surface area (Å²) >= 11 is -0.144. The normalized spacial score (nSPS) is 12.4. The first-order chi connectivity index (χ1) is 27.1. The van der Waals surface area contributed by atoms with E-state index in [-0.39, 0.29) is 20.1 Å². The third-order valence-corrected chi connectivity index (χ3v) is 15.7. The molecule has 0 atom stereocenters. The molecule has 5 aromatic carbocycles. The Morgan fingerprint density at radius 3 is 2.11 bits per heavy atom.